The predicted octanol–water partition coefficient (Wildman–Crippen LogP) is 4.64. The van der Waals surface area contributed by atoms with E-state index in [-0.39, 0.29) is 22.2 Å². The minimum Gasteiger partial charge on any atom is -0.455 e. The zero-order chi connectivity index (χ0) is 20.7. The Hall–Kier alpha value is -2.67. The lowest BCUT2D eigenvalue weighted by Gasteiger charge is -2.05. The summed E-state index contributed by atoms with van der Waals surface area (Å²) in [4.78, 5) is 12.6. The maximum absolute atomic E-state index is 12.4. The van der Waals surface area contributed by atoms with Crippen molar-refractivity contribution in [3.8, 4) is 0 Å². The van der Waals surface area contributed by atoms with E-state index in [0.717, 1.165) is 37.8 Å². The number of sulfone groups is 1. The highest BCUT2D eigenvalue weighted by Crippen LogP contribution is 2.21. The number of furan rings is 1. The molecule has 1 aliphatic carbocycles. The number of amides is 1. The maximum Gasteiger partial charge on any atom is 0.307 e. The summed E-state index contributed by atoms with van der Waals surface area (Å²) in [6.45, 7) is 2.17. The van der Waals surface area contributed by atoms with Gasteiger partial charge in [-0.25, -0.2) is 13.8 Å². The third-order valence-electron chi connectivity index (χ3n) is 4.80. The minimum atomic E-state index is -3.53. The molecule has 29 heavy (non-hydrogen) atoms. The van der Waals surface area contributed by atoms with Crippen molar-refractivity contribution in [3.05, 3.63) is 65.6 Å². The van der Waals surface area contributed by atoms with Crippen molar-refractivity contribution in [2.24, 2.45) is 5.10 Å². The molecule has 1 aromatic carbocycles. The van der Waals surface area contributed by atoms with E-state index in [1.807, 2.05) is 0 Å². The van der Waals surface area contributed by atoms with Gasteiger partial charge in [-0.1, -0.05) is 44.0 Å². The van der Waals surface area contributed by atoms with Gasteiger partial charge in [0.15, 0.2) is 15.6 Å². The number of nitrogens with one attached hydrogen (secondary N) is 1. The smallest absolute Gasteiger partial charge is 0.307 e. The van der Waals surface area contributed by atoms with E-state index in [0.29, 0.717) is 0 Å². The van der Waals surface area contributed by atoms with Crippen LogP contribution in [0.3, 0.4) is 0 Å². The number of rotatable bonds is 9. The molecule has 0 radical (unpaired) electrons. The Bertz CT molecular complexity index is 1000. The number of carbonyl (C=O) groups is 1. The van der Waals surface area contributed by atoms with Crippen LogP contribution in [0.15, 0.2) is 68.5 Å². The molecule has 0 saturated carbocycles. The molecular weight excluding hydrogens is 388 g/mol. The zero-order valence-electron chi connectivity index (χ0n) is 16.6. The maximum atomic E-state index is 12.4. The number of allylic oxidation sites excluding steroid dienone is 2. The first kappa shape index (κ1) is 21.0. The van der Waals surface area contributed by atoms with Crippen LogP contribution in [0.2, 0.25) is 0 Å². The second kappa shape index (κ2) is 9.69. The second-order valence-corrected chi connectivity index (χ2v) is 9.05. The summed E-state index contributed by atoms with van der Waals surface area (Å²) in [6, 6.07) is 11.1. The van der Waals surface area contributed by atoms with Crippen molar-refractivity contribution in [3.63, 3.8) is 0 Å². The standard InChI is InChI=1S/C22H26N2O4S/c1-2-3-5-9-17-10-8-13-20(17)23-24-22(25)21-15-14-18(28-21)16-29(26,27)19-11-6-4-7-12-19/h4,6-7,10-12,14-15H,2-3,5,8-9,13,16H2,1H3,(H,24,25)/b23-20-. The lowest BCUT2D eigenvalue weighted by atomic mass is 10.1. The summed E-state index contributed by atoms with van der Waals surface area (Å²) >= 11 is 0. The Balaban J connectivity index is 1.60. The number of hydrazone groups is 1. The molecule has 1 heterocycles. The molecule has 0 aliphatic heterocycles. The zero-order valence-corrected chi connectivity index (χ0v) is 17.4. The molecule has 1 amide bonds. The van der Waals surface area contributed by atoms with Crippen LogP contribution in [0, 0.1) is 0 Å². The number of carbonyl (C=O) groups excluding carboxylic acids is 1. The Labute approximate surface area is 171 Å². The van der Waals surface area contributed by atoms with Gasteiger partial charge in [0.2, 0.25) is 0 Å². The molecule has 3 rings (SSSR count). The molecule has 0 bridgehead atoms. The van der Waals surface area contributed by atoms with E-state index in [1.165, 1.54) is 36.3 Å². The van der Waals surface area contributed by atoms with Gasteiger partial charge in [-0.05, 0) is 55.5 Å². The minimum absolute atomic E-state index is 0.0436. The van der Waals surface area contributed by atoms with Crippen LogP contribution in [0.5, 0.6) is 0 Å². The first-order valence-corrected chi connectivity index (χ1v) is 11.6. The van der Waals surface area contributed by atoms with Crippen LogP contribution in [0.1, 0.15) is 61.8 Å². The highest BCUT2D eigenvalue weighted by molar-refractivity contribution is 7.90. The number of hydrogen-bond donors (Lipinski definition) is 1. The SMILES string of the molecule is CCCCCC1=CCC/C1=N/NC(=O)c1ccc(CS(=O)(=O)c2ccccc2)o1. The van der Waals surface area contributed by atoms with Gasteiger partial charge in [-0.3, -0.25) is 4.79 Å². The molecule has 1 aliphatic rings. The molecule has 6 nitrogen and oxygen atoms in total. The summed E-state index contributed by atoms with van der Waals surface area (Å²) in [5, 5.41) is 4.26. The summed E-state index contributed by atoms with van der Waals surface area (Å²) in [7, 11) is -3.53. The second-order valence-electron chi connectivity index (χ2n) is 7.06. The summed E-state index contributed by atoms with van der Waals surface area (Å²) in [5.74, 6) is -0.529. The van der Waals surface area contributed by atoms with E-state index < -0.39 is 15.7 Å². The molecular formula is C22H26N2O4S. The Morgan fingerprint density at radius 2 is 1.93 bits per heavy atom. The number of unbranched alkanes of at least 4 members (excludes halogenated alkanes) is 2. The summed E-state index contributed by atoms with van der Waals surface area (Å²) < 4.78 is 30.3. The van der Waals surface area contributed by atoms with Crippen molar-refractivity contribution in [1.82, 2.24) is 5.43 Å². The van der Waals surface area contributed by atoms with Crippen molar-refractivity contribution in [2.45, 2.75) is 56.1 Å². The summed E-state index contributed by atoms with van der Waals surface area (Å²) in [6.07, 6.45) is 8.38. The van der Waals surface area contributed by atoms with Crippen molar-refractivity contribution >= 4 is 21.5 Å². The lowest BCUT2D eigenvalue weighted by molar-refractivity contribution is 0.0925. The van der Waals surface area contributed by atoms with Gasteiger partial charge in [-0.15, -0.1) is 0 Å². The predicted molar refractivity (Wildman–Crippen MR) is 112 cm³/mol. The van der Waals surface area contributed by atoms with Gasteiger partial charge in [0.05, 0.1) is 10.6 Å². The quantitative estimate of drug-likeness (QED) is 0.478. The molecule has 0 saturated heterocycles. The fourth-order valence-electron chi connectivity index (χ4n) is 3.25. The largest absolute Gasteiger partial charge is 0.455 e. The topological polar surface area (TPSA) is 88.7 Å². The number of nitrogens with zero attached hydrogens (tertiary/aromatic N) is 1. The molecule has 7 heteroatoms. The molecule has 0 fully saturated rings. The molecule has 0 atom stereocenters. The fraction of sp³-hybridized carbons (Fsp3) is 0.364. The van der Waals surface area contributed by atoms with E-state index in [9.17, 15) is 13.2 Å². The van der Waals surface area contributed by atoms with Crippen molar-refractivity contribution < 1.29 is 17.6 Å². The summed E-state index contributed by atoms with van der Waals surface area (Å²) in [5.41, 5.74) is 4.65. The molecule has 2 aromatic rings. The van der Waals surface area contributed by atoms with Crippen LogP contribution in [0.4, 0.5) is 0 Å². The number of benzene rings is 1. The van der Waals surface area contributed by atoms with Crippen molar-refractivity contribution in [2.75, 3.05) is 0 Å². The van der Waals surface area contributed by atoms with Crippen LogP contribution in [-0.2, 0) is 15.6 Å². The van der Waals surface area contributed by atoms with Crippen LogP contribution < -0.4 is 5.43 Å². The van der Waals surface area contributed by atoms with Crippen LogP contribution in [-0.4, -0.2) is 20.0 Å². The molecule has 0 unspecified atom stereocenters. The van der Waals surface area contributed by atoms with E-state index in [4.69, 9.17) is 4.42 Å². The first-order chi connectivity index (χ1) is 14.0. The van der Waals surface area contributed by atoms with E-state index >= 15 is 0 Å². The molecule has 154 valence electrons. The third-order valence-corrected chi connectivity index (χ3v) is 6.46. The molecule has 1 aromatic heterocycles. The average molecular weight is 415 g/mol. The van der Waals surface area contributed by atoms with Gasteiger partial charge in [-0.2, -0.15) is 5.10 Å². The molecule has 0 spiro atoms. The average Bonchev–Trinajstić information content (AvgIpc) is 3.36. The Morgan fingerprint density at radius 1 is 1.14 bits per heavy atom. The van der Waals surface area contributed by atoms with Gasteiger partial charge < -0.3 is 4.42 Å². The fourth-order valence-corrected chi connectivity index (χ4v) is 4.52. The van der Waals surface area contributed by atoms with E-state index in [2.05, 4.69) is 23.5 Å². The Kier molecular flexibility index (Phi) is 7.04. The van der Waals surface area contributed by atoms with Gasteiger partial charge in [0, 0.05) is 0 Å². The lowest BCUT2D eigenvalue weighted by Crippen LogP contribution is -2.19. The van der Waals surface area contributed by atoms with Crippen molar-refractivity contribution in [1.29, 1.82) is 0 Å². The molecule has 1 N–H and O–H groups in total. The van der Waals surface area contributed by atoms with Gasteiger partial charge in [0.1, 0.15) is 11.5 Å². The third kappa shape index (κ3) is 5.67. The van der Waals surface area contributed by atoms with Gasteiger partial charge >= 0.3 is 5.91 Å². The first-order valence-electron chi connectivity index (χ1n) is 9.92. The van der Waals surface area contributed by atoms with E-state index in [1.54, 1.807) is 18.2 Å². The Morgan fingerprint density at radius 3 is 2.69 bits per heavy atom. The van der Waals surface area contributed by atoms with Crippen LogP contribution >= 0.6 is 0 Å². The number of hydrogen-bond acceptors (Lipinski definition) is 5. The highest BCUT2D eigenvalue weighted by atomic mass is 32.2. The van der Waals surface area contributed by atoms with Crippen LogP contribution in [0.25, 0.3) is 0 Å². The normalized spacial score (nSPS) is 15.5. The highest BCUT2D eigenvalue weighted by Gasteiger charge is 2.19. The monoisotopic (exact) mass is 414 g/mol. The van der Waals surface area contributed by atoms with Gasteiger partial charge in [0.25, 0.3) is 0 Å².